The van der Waals surface area contributed by atoms with Crippen molar-refractivity contribution in [2.45, 2.75) is 25.9 Å². The van der Waals surface area contributed by atoms with E-state index in [1.54, 1.807) is 12.4 Å². The van der Waals surface area contributed by atoms with Gasteiger partial charge in [-0.2, -0.15) is 0 Å². The van der Waals surface area contributed by atoms with E-state index in [9.17, 15) is 0 Å². The molecule has 0 saturated heterocycles. The second kappa shape index (κ2) is 6.08. The Labute approximate surface area is 130 Å². The highest BCUT2D eigenvalue weighted by Gasteiger charge is 2.28. The van der Waals surface area contributed by atoms with Gasteiger partial charge >= 0.3 is 0 Å². The molecule has 5 nitrogen and oxygen atoms in total. The summed E-state index contributed by atoms with van der Waals surface area (Å²) in [5.41, 5.74) is 1.32. The van der Waals surface area contributed by atoms with Gasteiger partial charge in [0.25, 0.3) is 0 Å². The van der Waals surface area contributed by atoms with E-state index in [0.29, 0.717) is 5.92 Å². The summed E-state index contributed by atoms with van der Waals surface area (Å²) in [6.07, 6.45) is 10.3. The van der Waals surface area contributed by atoms with Crippen molar-refractivity contribution < 1.29 is 4.74 Å². The van der Waals surface area contributed by atoms with Crippen LogP contribution in [-0.2, 0) is 13.1 Å². The third kappa shape index (κ3) is 3.30. The molecule has 0 bridgehead atoms. The number of ether oxygens (including phenoxy) is 1. The molecule has 4 rings (SSSR count). The molecule has 1 unspecified atom stereocenters. The average molecular weight is 298 g/mol. The van der Waals surface area contributed by atoms with Crippen LogP contribution < -0.4 is 4.74 Å². The summed E-state index contributed by atoms with van der Waals surface area (Å²) >= 11 is 0. The average Bonchev–Trinajstić information content (AvgIpc) is 3.28. The highest BCUT2D eigenvalue weighted by Crippen LogP contribution is 2.31. The molecule has 0 amide bonds. The van der Waals surface area contributed by atoms with Gasteiger partial charge in [-0.1, -0.05) is 0 Å². The van der Waals surface area contributed by atoms with Crippen LogP contribution in [0.15, 0.2) is 37.1 Å². The minimum Gasteiger partial charge on any atom is -0.492 e. The topological polar surface area (TPSA) is 43.2 Å². The maximum Gasteiger partial charge on any atom is 0.137 e. The summed E-state index contributed by atoms with van der Waals surface area (Å²) in [7, 11) is 0. The summed E-state index contributed by atoms with van der Waals surface area (Å²) < 4.78 is 8.22. The van der Waals surface area contributed by atoms with Crippen LogP contribution in [0.2, 0.25) is 0 Å². The lowest BCUT2D eigenvalue weighted by atomic mass is 10.1. The van der Waals surface area contributed by atoms with Crippen molar-refractivity contribution in [1.82, 2.24) is 19.4 Å². The number of rotatable bonds is 5. The lowest BCUT2D eigenvalue weighted by molar-refractivity contribution is 0.168. The van der Waals surface area contributed by atoms with E-state index < -0.39 is 0 Å². The zero-order chi connectivity index (χ0) is 14.8. The fourth-order valence-corrected chi connectivity index (χ4v) is 3.20. The fraction of sp³-hybridized carbons (Fsp3) is 0.529. The molecule has 1 saturated carbocycles. The summed E-state index contributed by atoms with van der Waals surface area (Å²) in [6, 6.07) is 3.88. The lowest BCUT2D eigenvalue weighted by Crippen LogP contribution is -2.32. The predicted octanol–water partition coefficient (Wildman–Crippen LogP) is 2.20. The van der Waals surface area contributed by atoms with E-state index >= 15 is 0 Å². The Bertz CT molecular complexity index is 608. The molecule has 1 aliphatic heterocycles. The largest absolute Gasteiger partial charge is 0.492 e. The molecular weight excluding hydrogens is 276 g/mol. The minimum absolute atomic E-state index is 0.481. The molecule has 2 aliphatic rings. The summed E-state index contributed by atoms with van der Waals surface area (Å²) in [5.74, 6) is 2.25. The quantitative estimate of drug-likeness (QED) is 0.849. The van der Waals surface area contributed by atoms with E-state index in [2.05, 4.69) is 19.4 Å². The van der Waals surface area contributed by atoms with Gasteiger partial charge in [0.2, 0.25) is 0 Å². The molecule has 0 aromatic carbocycles. The highest BCUT2D eigenvalue weighted by atomic mass is 16.5. The SMILES string of the molecule is c1cncc(OCC2CN(CC3CC3)Cc3cncn3C2)c1. The van der Waals surface area contributed by atoms with Crippen LogP contribution in [0, 0.1) is 11.8 Å². The smallest absolute Gasteiger partial charge is 0.137 e. The number of fused-ring (bicyclic) bond motifs is 1. The molecule has 1 atom stereocenters. The molecule has 1 aliphatic carbocycles. The zero-order valence-electron chi connectivity index (χ0n) is 12.8. The Kier molecular flexibility index (Phi) is 3.81. The van der Waals surface area contributed by atoms with Gasteiger partial charge in [-0.3, -0.25) is 9.88 Å². The van der Waals surface area contributed by atoms with Gasteiger partial charge in [0.1, 0.15) is 5.75 Å². The van der Waals surface area contributed by atoms with Crippen molar-refractivity contribution in [2.75, 3.05) is 19.7 Å². The standard InChI is InChI=1S/C17H22N4O/c1-2-17(7-18-5-1)22-12-15-9-20(8-14-3-4-14)11-16-6-19-13-21(16)10-15/h1-2,5-7,13-15H,3-4,8-12H2. The maximum atomic E-state index is 5.94. The van der Waals surface area contributed by atoms with Gasteiger partial charge in [-0.15, -0.1) is 0 Å². The van der Waals surface area contributed by atoms with Gasteiger partial charge in [0.15, 0.2) is 0 Å². The van der Waals surface area contributed by atoms with Crippen LogP contribution >= 0.6 is 0 Å². The first-order chi connectivity index (χ1) is 10.9. The number of imidazole rings is 1. The van der Waals surface area contributed by atoms with Crippen molar-refractivity contribution in [3.05, 3.63) is 42.7 Å². The molecule has 5 heteroatoms. The molecule has 0 N–H and O–H groups in total. The molecule has 3 heterocycles. The number of hydrogen-bond donors (Lipinski definition) is 0. The van der Waals surface area contributed by atoms with Gasteiger partial charge in [0, 0.05) is 44.5 Å². The van der Waals surface area contributed by atoms with E-state index in [-0.39, 0.29) is 0 Å². The van der Waals surface area contributed by atoms with Gasteiger partial charge in [-0.05, 0) is 30.9 Å². The highest BCUT2D eigenvalue weighted by molar-refractivity contribution is 5.15. The van der Waals surface area contributed by atoms with Crippen LogP contribution in [0.4, 0.5) is 0 Å². The summed E-state index contributed by atoms with van der Waals surface area (Å²) in [5, 5.41) is 0. The van der Waals surface area contributed by atoms with Crippen LogP contribution in [0.1, 0.15) is 18.5 Å². The first kappa shape index (κ1) is 13.8. The van der Waals surface area contributed by atoms with Gasteiger partial charge in [-0.25, -0.2) is 4.98 Å². The van der Waals surface area contributed by atoms with Crippen molar-refractivity contribution in [3.63, 3.8) is 0 Å². The Morgan fingerprint density at radius 1 is 1.14 bits per heavy atom. The zero-order valence-corrected chi connectivity index (χ0v) is 12.8. The molecule has 0 spiro atoms. The lowest BCUT2D eigenvalue weighted by Gasteiger charge is -2.23. The molecule has 2 aromatic rings. The molecule has 1 fully saturated rings. The number of hydrogen-bond acceptors (Lipinski definition) is 4. The predicted molar refractivity (Wildman–Crippen MR) is 83.5 cm³/mol. The van der Waals surface area contributed by atoms with Crippen LogP contribution in [0.25, 0.3) is 0 Å². The van der Waals surface area contributed by atoms with Gasteiger partial charge < -0.3 is 9.30 Å². The number of nitrogens with zero attached hydrogens (tertiary/aromatic N) is 4. The van der Waals surface area contributed by atoms with Crippen molar-refractivity contribution in [3.8, 4) is 5.75 Å². The van der Waals surface area contributed by atoms with Crippen LogP contribution in [-0.4, -0.2) is 39.1 Å². The van der Waals surface area contributed by atoms with Gasteiger partial charge in [0.05, 0.1) is 24.8 Å². The molecule has 2 aromatic heterocycles. The van der Waals surface area contributed by atoms with Crippen molar-refractivity contribution in [2.24, 2.45) is 11.8 Å². The fourth-order valence-electron chi connectivity index (χ4n) is 3.20. The van der Waals surface area contributed by atoms with E-state index in [1.807, 2.05) is 24.7 Å². The molecular formula is C17H22N4O. The van der Waals surface area contributed by atoms with E-state index in [4.69, 9.17) is 4.74 Å². The monoisotopic (exact) mass is 298 g/mol. The first-order valence-corrected chi connectivity index (χ1v) is 8.11. The Balaban J connectivity index is 1.43. The molecule has 116 valence electrons. The Morgan fingerprint density at radius 2 is 2.09 bits per heavy atom. The number of aromatic nitrogens is 3. The normalized spacial score (nSPS) is 22.1. The third-order valence-corrected chi connectivity index (χ3v) is 4.49. The molecule has 0 radical (unpaired) electrons. The van der Waals surface area contributed by atoms with Crippen LogP contribution in [0.5, 0.6) is 5.75 Å². The summed E-state index contributed by atoms with van der Waals surface area (Å²) in [4.78, 5) is 11.0. The second-order valence-electron chi connectivity index (χ2n) is 6.54. The molecule has 22 heavy (non-hydrogen) atoms. The third-order valence-electron chi connectivity index (χ3n) is 4.49. The van der Waals surface area contributed by atoms with Crippen LogP contribution in [0.3, 0.4) is 0 Å². The Morgan fingerprint density at radius 3 is 2.91 bits per heavy atom. The van der Waals surface area contributed by atoms with E-state index in [1.165, 1.54) is 25.1 Å². The van der Waals surface area contributed by atoms with Crippen molar-refractivity contribution >= 4 is 0 Å². The first-order valence-electron chi connectivity index (χ1n) is 8.11. The number of pyridine rings is 1. The summed E-state index contributed by atoms with van der Waals surface area (Å²) in [6.45, 7) is 5.04. The van der Waals surface area contributed by atoms with Crippen molar-refractivity contribution in [1.29, 1.82) is 0 Å². The van der Waals surface area contributed by atoms with E-state index in [0.717, 1.165) is 37.9 Å². The maximum absolute atomic E-state index is 5.94. The minimum atomic E-state index is 0.481. The second-order valence-corrected chi connectivity index (χ2v) is 6.54. The Hall–Kier alpha value is -1.88.